The molecule has 4 rings (SSSR count). The van der Waals surface area contributed by atoms with Crippen molar-refractivity contribution in [3.63, 3.8) is 0 Å². The zero-order chi connectivity index (χ0) is 22.1. The summed E-state index contributed by atoms with van der Waals surface area (Å²) in [4.78, 5) is 11.8. The number of nitrogens with one attached hydrogen (secondary N) is 1. The molecule has 0 fully saturated rings. The van der Waals surface area contributed by atoms with Gasteiger partial charge >= 0.3 is 6.01 Å². The van der Waals surface area contributed by atoms with E-state index in [4.69, 9.17) is 16.3 Å². The van der Waals surface area contributed by atoms with Crippen LogP contribution in [-0.2, 0) is 6.61 Å². The first kappa shape index (κ1) is 21.2. The number of aliphatic hydroxyl groups excluding tert-OH is 2. The van der Waals surface area contributed by atoms with E-state index in [1.807, 2.05) is 13.0 Å². The lowest BCUT2D eigenvalue weighted by atomic mass is 10.0. The number of benzene rings is 2. The lowest BCUT2D eigenvalue weighted by Crippen LogP contribution is -2.07. The van der Waals surface area contributed by atoms with Gasteiger partial charge in [0.2, 0.25) is 0 Å². The van der Waals surface area contributed by atoms with Gasteiger partial charge in [-0.25, -0.2) is 13.8 Å². The minimum absolute atomic E-state index is 0.100. The smallest absolute Gasteiger partial charge is 0.301 e. The number of imidazole rings is 1. The van der Waals surface area contributed by atoms with E-state index in [1.165, 1.54) is 12.1 Å². The number of ether oxygens (including phenoxy) is 1. The second-order valence-electron chi connectivity index (χ2n) is 6.98. The SMILES string of the molecule is Cc1ccc(Oc2nc3nc(-c4ccc(C(O)C(F)F)cc4)c(Cl)cc3[nH]2)cc1CO. The van der Waals surface area contributed by atoms with Gasteiger partial charge in [-0.15, -0.1) is 0 Å². The fourth-order valence-electron chi connectivity index (χ4n) is 3.12. The van der Waals surface area contributed by atoms with E-state index in [9.17, 15) is 19.0 Å². The first-order valence-corrected chi connectivity index (χ1v) is 9.74. The topological polar surface area (TPSA) is 91.3 Å². The average molecular weight is 446 g/mol. The summed E-state index contributed by atoms with van der Waals surface area (Å²) in [7, 11) is 0. The maximum atomic E-state index is 12.7. The van der Waals surface area contributed by atoms with Crippen LogP contribution in [0, 0.1) is 6.92 Å². The van der Waals surface area contributed by atoms with Gasteiger partial charge in [-0.1, -0.05) is 41.9 Å². The van der Waals surface area contributed by atoms with E-state index in [1.54, 1.807) is 30.3 Å². The summed E-state index contributed by atoms with van der Waals surface area (Å²) in [6, 6.07) is 13.1. The normalized spacial score (nSPS) is 12.5. The highest BCUT2D eigenvalue weighted by Crippen LogP contribution is 2.32. The highest BCUT2D eigenvalue weighted by atomic mass is 35.5. The lowest BCUT2D eigenvalue weighted by molar-refractivity contribution is -0.00577. The Bertz CT molecular complexity index is 1230. The van der Waals surface area contributed by atoms with Crippen molar-refractivity contribution in [3.05, 3.63) is 70.2 Å². The van der Waals surface area contributed by atoms with Gasteiger partial charge in [-0.3, -0.25) is 0 Å². The number of hydrogen-bond acceptors (Lipinski definition) is 5. The number of pyridine rings is 1. The first-order valence-electron chi connectivity index (χ1n) is 9.36. The van der Waals surface area contributed by atoms with Gasteiger partial charge in [-0.05, 0) is 41.8 Å². The van der Waals surface area contributed by atoms with Gasteiger partial charge in [0.25, 0.3) is 6.43 Å². The monoisotopic (exact) mass is 445 g/mol. The molecule has 0 aliphatic heterocycles. The zero-order valence-corrected chi connectivity index (χ0v) is 17.1. The Kier molecular flexibility index (Phi) is 5.86. The molecule has 9 heteroatoms. The van der Waals surface area contributed by atoms with Crippen LogP contribution in [0.4, 0.5) is 8.78 Å². The first-order chi connectivity index (χ1) is 14.9. The van der Waals surface area contributed by atoms with Gasteiger partial charge in [0.05, 0.1) is 22.8 Å². The van der Waals surface area contributed by atoms with Crippen LogP contribution in [0.5, 0.6) is 11.8 Å². The van der Waals surface area contributed by atoms with Crippen molar-refractivity contribution in [1.29, 1.82) is 0 Å². The molecule has 0 aliphatic carbocycles. The molecule has 0 radical (unpaired) electrons. The van der Waals surface area contributed by atoms with Gasteiger partial charge in [-0.2, -0.15) is 4.98 Å². The standard InChI is InChI=1S/C22H18ClF2N3O3/c1-11-2-7-15(8-14(11)10-29)31-22-26-17-9-16(23)18(27-21(17)28-22)12-3-5-13(6-4-12)19(30)20(24)25/h2-9,19-20,29-30H,10H2,1H3,(H,26,27,28). The number of aliphatic hydroxyl groups is 2. The number of rotatable bonds is 6. The minimum atomic E-state index is -2.87. The highest BCUT2D eigenvalue weighted by Gasteiger charge is 2.19. The van der Waals surface area contributed by atoms with Crippen LogP contribution in [-0.4, -0.2) is 31.6 Å². The van der Waals surface area contributed by atoms with Crippen LogP contribution in [0.3, 0.4) is 0 Å². The molecule has 2 aromatic heterocycles. The Balaban J connectivity index is 1.63. The summed E-state index contributed by atoms with van der Waals surface area (Å²) in [6.07, 6.45) is -4.72. The Morgan fingerprint density at radius 1 is 1.10 bits per heavy atom. The minimum Gasteiger partial charge on any atom is -0.426 e. The summed E-state index contributed by atoms with van der Waals surface area (Å²) < 4.78 is 31.1. The number of halogens is 3. The Hall–Kier alpha value is -3.07. The molecule has 0 bridgehead atoms. The number of H-pyrrole nitrogens is 1. The Morgan fingerprint density at radius 3 is 2.52 bits per heavy atom. The number of alkyl halides is 2. The van der Waals surface area contributed by atoms with Crippen molar-refractivity contribution in [3.8, 4) is 23.0 Å². The molecule has 1 atom stereocenters. The number of hydrogen-bond donors (Lipinski definition) is 3. The second kappa shape index (κ2) is 8.58. The van der Waals surface area contributed by atoms with Crippen LogP contribution < -0.4 is 4.74 Å². The summed E-state index contributed by atoms with van der Waals surface area (Å²) in [6.45, 7) is 1.79. The van der Waals surface area contributed by atoms with Gasteiger partial charge in [0.15, 0.2) is 5.65 Å². The predicted molar refractivity (Wildman–Crippen MR) is 112 cm³/mol. The van der Waals surface area contributed by atoms with Crippen LogP contribution in [0.15, 0.2) is 48.5 Å². The van der Waals surface area contributed by atoms with Crippen LogP contribution in [0.2, 0.25) is 5.02 Å². The molecule has 6 nitrogen and oxygen atoms in total. The van der Waals surface area contributed by atoms with Crippen molar-refractivity contribution >= 4 is 22.8 Å². The molecular formula is C22H18ClF2N3O3. The third-order valence-corrected chi connectivity index (χ3v) is 5.16. The lowest BCUT2D eigenvalue weighted by Gasteiger charge is -2.10. The van der Waals surface area contributed by atoms with E-state index >= 15 is 0 Å². The molecule has 4 aromatic rings. The van der Waals surface area contributed by atoms with Gasteiger partial charge < -0.3 is 19.9 Å². The summed E-state index contributed by atoms with van der Waals surface area (Å²) in [5.41, 5.74) is 3.73. The molecule has 2 aromatic carbocycles. The number of fused-ring (bicyclic) bond motifs is 1. The van der Waals surface area contributed by atoms with E-state index < -0.39 is 12.5 Å². The molecule has 0 saturated carbocycles. The quantitative estimate of drug-likeness (QED) is 0.381. The van der Waals surface area contributed by atoms with Gasteiger partial charge in [0.1, 0.15) is 11.9 Å². The Morgan fingerprint density at radius 2 is 1.84 bits per heavy atom. The molecule has 160 valence electrons. The van der Waals surface area contributed by atoms with E-state index in [-0.39, 0.29) is 18.2 Å². The van der Waals surface area contributed by atoms with E-state index in [0.717, 1.165) is 11.1 Å². The van der Waals surface area contributed by atoms with Crippen molar-refractivity contribution < 1.29 is 23.7 Å². The van der Waals surface area contributed by atoms with Crippen molar-refractivity contribution in [2.75, 3.05) is 0 Å². The van der Waals surface area contributed by atoms with Crippen molar-refractivity contribution in [1.82, 2.24) is 15.0 Å². The summed E-state index contributed by atoms with van der Waals surface area (Å²) in [5.74, 6) is 0.508. The molecule has 1 unspecified atom stereocenters. The molecular weight excluding hydrogens is 428 g/mol. The number of aromatic nitrogens is 3. The van der Waals surface area contributed by atoms with Crippen molar-refractivity contribution in [2.45, 2.75) is 26.1 Å². The van der Waals surface area contributed by atoms with Crippen LogP contribution in [0.1, 0.15) is 22.8 Å². The third kappa shape index (κ3) is 4.36. The van der Waals surface area contributed by atoms with Crippen LogP contribution in [0.25, 0.3) is 22.4 Å². The number of aryl methyl sites for hydroxylation is 1. The van der Waals surface area contributed by atoms with Crippen molar-refractivity contribution in [2.24, 2.45) is 0 Å². The zero-order valence-electron chi connectivity index (χ0n) is 16.3. The molecule has 2 heterocycles. The molecule has 0 saturated heterocycles. The third-order valence-electron chi connectivity index (χ3n) is 4.87. The molecule has 31 heavy (non-hydrogen) atoms. The molecule has 0 aliphatic rings. The molecule has 0 amide bonds. The molecule has 0 spiro atoms. The fraction of sp³-hybridized carbons (Fsp3) is 0.182. The van der Waals surface area contributed by atoms with Gasteiger partial charge in [0, 0.05) is 5.56 Å². The average Bonchev–Trinajstić information content (AvgIpc) is 3.15. The number of nitrogens with zero attached hydrogens (tertiary/aromatic N) is 2. The highest BCUT2D eigenvalue weighted by molar-refractivity contribution is 6.33. The maximum Gasteiger partial charge on any atom is 0.301 e. The van der Waals surface area contributed by atoms with E-state index in [0.29, 0.717) is 33.2 Å². The maximum absolute atomic E-state index is 12.7. The number of aromatic amines is 1. The van der Waals surface area contributed by atoms with Crippen LogP contribution >= 0.6 is 11.6 Å². The predicted octanol–water partition coefficient (Wildman–Crippen LogP) is 5.17. The summed E-state index contributed by atoms with van der Waals surface area (Å²) >= 11 is 6.37. The fourth-order valence-corrected chi connectivity index (χ4v) is 3.38. The Labute approximate surface area is 181 Å². The summed E-state index contributed by atoms with van der Waals surface area (Å²) in [5, 5.41) is 19.2. The molecule has 3 N–H and O–H groups in total. The second-order valence-corrected chi connectivity index (χ2v) is 7.39. The largest absolute Gasteiger partial charge is 0.426 e. The van der Waals surface area contributed by atoms with E-state index in [2.05, 4.69) is 15.0 Å².